The van der Waals surface area contributed by atoms with Gasteiger partial charge >= 0.3 is 12.1 Å². The molecule has 7 heteroatoms. The van der Waals surface area contributed by atoms with Crippen LogP contribution in [-0.2, 0) is 4.74 Å². The number of hydrogen-bond acceptors (Lipinski definition) is 4. The van der Waals surface area contributed by atoms with Crippen molar-refractivity contribution in [2.45, 2.75) is 12.3 Å². The van der Waals surface area contributed by atoms with Gasteiger partial charge in [-0.05, 0) is 12.1 Å². The number of methoxy groups -OCH3 is 1. The summed E-state index contributed by atoms with van der Waals surface area (Å²) in [7, 11) is 1.14. The average molecular weight is 264 g/mol. The van der Waals surface area contributed by atoms with Crippen LogP contribution in [0.4, 0.5) is 13.2 Å². The molecule has 0 amide bonds. The Hall–Kier alpha value is -1.76. The Morgan fingerprint density at radius 1 is 1.39 bits per heavy atom. The van der Waals surface area contributed by atoms with Crippen LogP contribution >= 0.6 is 0 Å². The fraction of sp³-hybridized carbons (Fsp3) is 0.364. The standard InChI is InChI=1S/C11H11F3O4/c1-17-10(16)7-4-2-3-5-8(7)18-6-9(15)11(12,13)14/h2-5,9,15H,6H2,1H3/t9-/m0/s1. The number of ether oxygens (including phenoxy) is 2. The fourth-order valence-electron chi connectivity index (χ4n) is 1.13. The molecule has 0 aromatic heterocycles. The van der Waals surface area contributed by atoms with E-state index >= 15 is 0 Å². The van der Waals surface area contributed by atoms with E-state index in [1.54, 1.807) is 0 Å². The minimum atomic E-state index is -4.76. The topological polar surface area (TPSA) is 55.8 Å². The first kappa shape index (κ1) is 14.3. The molecule has 0 bridgehead atoms. The monoisotopic (exact) mass is 264 g/mol. The largest absolute Gasteiger partial charge is 0.490 e. The average Bonchev–Trinajstić information content (AvgIpc) is 2.34. The Morgan fingerprint density at radius 3 is 2.56 bits per heavy atom. The summed E-state index contributed by atoms with van der Waals surface area (Å²) in [5.74, 6) is -0.806. The van der Waals surface area contributed by atoms with Crippen molar-refractivity contribution < 1.29 is 32.5 Å². The van der Waals surface area contributed by atoms with Gasteiger partial charge in [0.15, 0.2) is 6.10 Å². The molecule has 0 unspecified atom stereocenters. The zero-order valence-corrected chi connectivity index (χ0v) is 9.40. The van der Waals surface area contributed by atoms with Gasteiger partial charge in [0.1, 0.15) is 17.9 Å². The van der Waals surface area contributed by atoms with Crippen LogP contribution in [0, 0.1) is 0 Å². The highest BCUT2D eigenvalue weighted by molar-refractivity contribution is 5.92. The summed E-state index contributed by atoms with van der Waals surface area (Å²) in [5, 5.41) is 8.77. The number of rotatable bonds is 4. The van der Waals surface area contributed by atoms with E-state index in [2.05, 4.69) is 4.74 Å². The number of alkyl halides is 3. The Labute approximate surface area is 101 Å². The van der Waals surface area contributed by atoms with Gasteiger partial charge in [0, 0.05) is 0 Å². The van der Waals surface area contributed by atoms with E-state index in [9.17, 15) is 18.0 Å². The first-order valence-corrected chi connectivity index (χ1v) is 4.91. The van der Waals surface area contributed by atoms with Crippen molar-refractivity contribution in [2.75, 3.05) is 13.7 Å². The highest BCUT2D eigenvalue weighted by Crippen LogP contribution is 2.23. The van der Waals surface area contributed by atoms with Crippen LogP contribution in [0.15, 0.2) is 24.3 Å². The third kappa shape index (κ3) is 3.63. The van der Waals surface area contributed by atoms with Gasteiger partial charge in [-0.15, -0.1) is 0 Å². The van der Waals surface area contributed by atoms with Gasteiger partial charge in [-0.1, -0.05) is 12.1 Å². The second kappa shape index (κ2) is 5.72. The lowest BCUT2D eigenvalue weighted by molar-refractivity contribution is -0.210. The second-order valence-electron chi connectivity index (χ2n) is 3.36. The molecular formula is C11H11F3O4. The number of benzene rings is 1. The van der Waals surface area contributed by atoms with Gasteiger partial charge in [0.2, 0.25) is 0 Å². The molecule has 0 aliphatic carbocycles. The Balaban J connectivity index is 2.76. The zero-order chi connectivity index (χ0) is 13.8. The molecule has 100 valence electrons. The molecule has 1 aromatic rings. The number of aliphatic hydroxyl groups excluding tert-OH is 1. The number of carbonyl (C=O) groups excluding carboxylic acids is 1. The van der Waals surface area contributed by atoms with E-state index in [-0.39, 0.29) is 11.3 Å². The summed E-state index contributed by atoms with van der Waals surface area (Å²) in [6.45, 7) is -0.989. The molecule has 0 aliphatic rings. The van der Waals surface area contributed by atoms with Crippen LogP contribution in [-0.4, -0.2) is 37.1 Å². The molecule has 4 nitrogen and oxygen atoms in total. The predicted octanol–water partition coefficient (Wildman–Crippen LogP) is 1.78. The maximum Gasteiger partial charge on any atom is 0.417 e. The minimum absolute atomic E-state index is 0.00521. The quantitative estimate of drug-likeness (QED) is 0.842. The molecular weight excluding hydrogens is 253 g/mol. The van der Waals surface area contributed by atoms with Gasteiger partial charge in [0.05, 0.1) is 7.11 Å². The summed E-state index contributed by atoms with van der Waals surface area (Å²) in [6, 6.07) is 5.66. The maximum atomic E-state index is 12.1. The molecule has 1 aromatic carbocycles. The second-order valence-corrected chi connectivity index (χ2v) is 3.36. The predicted molar refractivity (Wildman–Crippen MR) is 55.3 cm³/mol. The van der Waals surface area contributed by atoms with E-state index in [0.717, 1.165) is 7.11 Å². The highest BCUT2D eigenvalue weighted by atomic mass is 19.4. The third-order valence-corrected chi connectivity index (χ3v) is 2.07. The summed E-state index contributed by atoms with van der Waals surface area (Å²) in [5.41, 5.74) is -0.00521. The number of esters is 1. The number of para-hydroxylation sites is 1. The van der Waals surface area contributed by atoms with Crippen molar-refractivity contribution in [3.8, 4) is 5.75 Å². The van der Waals surface area contributed by atoms with Crippen LogP contribution < -0.4 is 4.74 Å². The van der Waals surface area contributed by atoms with E-state index < -0.39 is 24.9 Å². The molecule has 0 aliphatic heterocycles. The molecule has 1 atom stereocenters. The van der Waals surface area contributed by atoms with E-state index in [0.29, 0.717) is 0 Å². The van der Waals surface area contributed by atoms with Crippen molar-refractivity contribution in [3.63, 3.8) is 0 Å². The molecule has 18 heavy (non-hydrogen) atoms. The van der Waals surface area contributed by atoms with Crippen LogP contribution in [0.25, 0.3) is 0 Å². The lowest BCUT2D eigenvalue weighted by Crippen LogP contribution is -2.34. The number of hydrogen-bond donors (Lipinski definition) is 1. The van der Waals surface area contributed by atoms with E-state index in [1.165, 1.54) is 24.3 Å². The summed E-state index contributed by atoms with van der Waals surface area (Å²) >= 11 is 0. The summed E-state index contributed by atoms with van der Waals surface area (Å²) in [6.07, 6.45) is -7.37. The fourth-order valence-corrected chi connectivity index (χ4v) is 1.13. The summed E-state index contributed by atoms with van der Waals surface area (Å²) < 4.78 is 45.4. The SMILES string of the molecule is COC(=O)c1ccccc1OC[C@H](O)C(F)(F)F. The number of aliphatic hydroxyl groups is 1. The van der Waals surface area contributed by atoms with Gasteiger partial charge < -0.3 is 14.6 Å². The van der Waals surface area contributed by atoms with Crippen molar-refractivity contribution in [1.29, 1.82) is 0 Å². The van der Waals surface area contributed by atoms with Crippen molar-refractivity contribution >= 4 is 5.97 Å². The van der Waals surface area contributed by atoms with Crippen LogP contribution in [0.3, 0.4) is 0 Å². The van der Waals surface area contributed by atoms with E-state index in [4.69, 9.17) is 9.84 Å². The molecule has 1 rings (SSSR count). The third-order valence-electron chi connectivity index (χ3n) is 2.07. The zero-order valence-electron chi connectivity index (χ0n) is 9.40. The lowest BCUT2D eigenvalue weighted by Gasteiger charge is -2.16. The van der Waals surface area contributed by atoms with Crippen molar-refractivity contribution in [1.82, 2.24) is 0 Å². The van der Waals surface area contributed by atoms with E-state index in [1.807, 2.05) is 0 Å². The first-order chi connectivity index (χ1) is 8.36. The smallest absolute Gasteiger partial charge is 0.417 e. The Bertz CT molecular complexity index is 417. The van der Waals surface area contributed by atoms with Gasteiger partial charge in [-0.2, -0.15) is 13.2 Å². The molecule has 1 N–H and O–H groups in total. The molecule has 0 radical (unpaired) electrons. The molecule has 0 saturated carbocycles. The van der Waals surface area contributed by atoms with Crippen molar-refractivity contribution in [3.05, 3.63) is 29.8 Å². The molecule has 0 fully saturated rings. The normalized spacial score (nSPS) is 12.9. The van der Waals surface area contributed by atoms with Crippen LogP contribution in [0.1, 0.15) is 10.4 Å². The van der Waals surface area contributed by atoms with Gasteiger partial charge in [-0.3, -0.25) is 0 Å². The van der Waals surface area contributed by atoms with Crippen LogP contribution in [0.5, 0.6) is 5.75 Å². The lowest BCUT2D eigenvalue weighted by atomic mass is 10.2. The van der Waals surface area contributed by atoms with Crippen LogP contribution in [0.2, 0.25) is 0 Å². The summed E-state index contributed by atoms with van der Waals surface area (Å²) in [4.78, 5) is 11.3. The number of carbonyl (C=O) groups is 1. The molecule has 0 spiro atoms. The van der Waals surface area contributed by atoms with Crippen molar-refractivity contribution in [2.24, 2.45) is 0 Å². The minimum Gasteiger partial charge on any atom is -0.490 e. The Morgan fingerprint density at radius 2 is 2.00 bits per heavy atom. The first-order valence-electron chi connectivity index (χ1n) is 4.91. The molecule has 0 saturated heterocycles. The van der Waals surface area contributed by atoms with Gasteiger partial charge in [-0.25, -0.2) is 4.79 Å². The number of halogens is 3. The molecule has 0 heterocycles. The maximum absolute atomic E-state index is 12.1. The Kier molecular flexibility index (Phi) is 4.55. The van der Waals surface area contributed by atoms with Gasteiger partial charge in [0.25, 0.3) is 0 Å². The highest BCUT2D eigenvalue weighted by Gasteiger charge is 2.38.